The van der Waals surface area contributed by atoms with Gasteiger partial charge in [0.15, 0.2) is 0 Å². The van der Waals surface area contributed by atoms with E-state index in [-0.39, 0.29) is 0 Å². The fourth-order valence-electron chi connectivity index (χ4n) is 1.53. The number of rotatable bonds is 0. The van der Waals surface area contributed by atoms with Gasteiger partial charge in [-0.1, -0.05) is 0 Å². The Hall–Kier alpha value is 3.41. The van der Waals surface area contributed by atoms with Crippen LogP contribution in [0.3, 0.4) is 0 Å². The van der Waals surface area contributed by atoms with Crippen molar-refractivity contribution in [2.45, 2.75) is 38.5 Å². The van der Waals surface area contributed by atoms with Crippen molar-refractivity contribution >= 4 is 42.9 Å². The molecule has 0 aromatic carbocycles. The molecule has 3 heterocycles. The molecule has 0 aromatic rings. The summed E-state index contributed by atoms with van der Waals surface area (Å²) in [6, 6.07) is 0. The van der Waals surface area contributed by atoms with E-state index in [9.17, 15) is 0 Å². The van der Waals surface area contributed by atoms with E-state index in [1.807, 2.05) is 0 Å². The molecule has 3 aliphatic rings. The molecule has 0 N–H and O–H groups in total. The average molecular weight is 747 g/mol. The van der Waals surface area contributed by atoms with Gasteiger partial charge in [-0.15, -0.1) is 0 Å². The van der Waals surface area contributed by atoms with Gasteiger partial charge in [-0.05, 0) is 38.5 Å². The van der Waals surface area contributed by atoms with Crippen molar-refractivity contribution < 1.29 is 32.2 Å². The Morgan fingerprint density at radius 1 is 0.474 bits per heavy atom. The summed E-state index contributed by atoms with van der Waals surface area (Å²) in [6.07, 6.45) is 7.67. The van der Waals surface area contributed by atoms with Gasteiger partial charge in [0, 0.05) is 39.6 Å². The van der Waals surface area contributed by atoms with Crippen LogP contribution >= 0.6 is 42.9 Å². The molecule has 0 aliphatic carbocycles. The monoisotopic (exact) mass is 749 g/mol. The van der Waals surface area contributed by atoms with Crippen molar-refractivity contribution in [1.29, 1.82) is 0 Å². The predicted molar refractivity (Wildman–Crippen MR) is 102 cm³/mol. The third-order valence-corrected chi connectivity index (χ3v) is 2.48. The van der Waals surface area contributed by atoms with Gasteiger partial charge in [0.25, 0.3) is 0 Å². The van der Waals surface area contributed by atoms with Gasteiger partial charge in [0.2, 0.25) is 0 Å². The molecule has 0 spiro atoms. The minimum atomic E-state index is -0.618. The second kappa shape index (κ2) is 19.5. The molecule has 19 heavy (non-hydrogen) atoms. The van der Waals surface area contributed by atoms with Crippen molar-refractivity contribution in [1.82, 2.24) is 0 Å². The van der Waals surface area contributed by atoms with Crippen LogP contribution in [0.2, 0.25) is 0 Å². The molecule has 0 unspecified atom stereocenters. The number of hydrogen-bond donors (Lipinski definition) is 0. The molecule has 3 aliphatic heterocycles. The van der Waals surface area contributed by atoms with Crippen molar-refractivity contribution in [2.24, 2.45) is 0 Å². The van der Waals surface area contributed by atoms with Gasteiger partial charge in [-0.3, -0.25) is 0 Å². The summed E-state index contributed by atoms with van der Waals surface area (Å²) in [5, 5.41) is 0. The molecule has 7 heteroatoms. The Bertz CT molecular complexity index is 115. The van der Waals surface area contributed by atoms with Crippen molar-refractivity contribution in [3.63, 3.8) is 0 Å². The third-order valence-electron chi connectivity index (χ3n) is 2.48. The van der Waals surface area contributed by atoms with Gasteiger partial charge in [-0.2, -0.15) is 0 Å². The topological polar surface area (TPSA) is 27.7 Å². The van der Waals surface area contributed by atoms with Crippen LogP contribution in [0, 0.1) is 18.0 Å². The second-order valence-corrected chi connectivity index (χ2v) is 62.3. The summed E-state index contributed by atoms with van der Waals surface area (Å²) in [7, 11) is 0. The molecule has 3 nitrogen and oxygen atoms in total. The summed E-state index contributed by atoms with van der Waals surface area (Å²) in [5.74, 6) is 0. The van der Waals surface area contributed by atoms with Gasteiger partial charge < -0.3 is 14.2 Å². The normalized spacial score (nSPS) is 20.8. The molecule has 3 saturated heterocycles. The van der Waals surface area contributed by atoms with Crippen LogP contribution < -0.4 is 0 Å². The van der Waals surface area contributed by atoms with E-state index in [0.717, 1.165) is 39.6 Å². The standard InChI is InChI=1S/3C4H8O.3HI.Sm/c3*1-2-4-5-3-1;;;;/h3*1-4H2;3*1H;/q;;;;;;+3/p-3. The minimum absolute atomic E-state index is 0.618. The first kappa shape index (κ1) is 22.4. The van der Waals surface area contributed by atoms with Crippen molar-refractivity contribution in [3.05, 3.63) is 0 Å². The molecule has 0 atom stereocenters. The Kier molecular flexibility index (Phi) is 22.9. The number of halogens is 3. The Balaban J connectivity index is 0.000000229. The van der Waals surface area contributed by atoms with Crippen LogP contribution in [0.4, 0.5) is 0 Å². The summed E-state index contributed by atoms with van der Waals surface area (Å²) < 4.78 is 14.8. The fraction of sp³-hybridized carbons (Fsp3) is 1.00. The molecule has 0 radical (unpaired) electrons. The maximum atomic E-state index is 4.94. The van der Waals surface area contributed by atoms with Crippen LogP contribution in [0.5, 0.6) is 0 Å². The molecule has 0 saturated carbocycles. The zero-order valence-corrected chi connectivity index (χ0v) is 20.3. The summed E-state index contributed by atoms with van der Waals surface area (Å²) in [6.45, 7) is 6.00. The first-order chi connectivity index (χ1) is 9.23. The maximum absolute atomic E-state index is 4.94. The molecule has 117 valence electrons. The molecule has 0 bridgehead atoms. The Labute approximate surface area is 150 Å². The Morgan fingerprint density at radius 3 is 0.684 bits per heavy atom. The molecule has 3 rings (SSSR count). The average Bonchev–Trinajstić information content (AvgIpc) is 3.18. The molecular weight excluding hydrogens is 723 g/mol. The van der Waals surface area contributed by atoms with E-state index in [1.165, 1.54) is 38.5 Å². The predicted octanol–water partition coefficient (Wildman–Crippen LogP) is 5.05. The quantitative estimate of drug-likeness (QED) is 0.326. The van der Waals surface area contributed by atoms with Gasteiger partial charge in [0.1, 0.15) is 0 Å². The van der Waals surface area contributed by atoms with Gasteiger partial charge >= 0.3 is 60.9 Å². The molecule has 0 amide bonds. The zero-order chi connectivity index (χ0) is 14.2. The number of hydrogen-bond acceptors (Lipinski definition) is 3. The van der Waals surface area contributed by atoms with E-state index < -0.39 is 18.0 Å². The summed E-state index contributed by atoms with van der Waals surface area (Å²) in [5.41, 5.74) is 0. The van der Waals surface area contributed by atoms with E-state index in [0.29, 0.717) is 0 Å². The van der Waals surface area contributed by atoms with Crippen molar-refractivity contribution in [3.8, 4) is 0 Å². The summed E-state index contributed by atoms with van der Waals surface area (Å²) >= 11 is 6.92. The fourth-order valence-corrected chi connectivity index (χ4v) is 1.53. The van der Waals surface area contributed by atoms with Gasteiger partial charge in [-0.25, -0.2) is 0 Å². The summed E-state index contributed by atoms with van der Waals surface area (Å²) in [4.78, 5) is 0. The SMILES string of the molecule is C1CCOC1.C1CCOC1.C1CCOC1.[I][Sm]([I])[I]. The van der Waals surface area contributed by atoms with E-state index in [2.05, 4.69) is 42.9 Å². The van der Waals surface area contributed by atoms with E-state index >= 15 is 0 Å². The Morgan fingerprint density at radius 2 is 0.632 bits per heavy atom. The third kappa shape index (κ3) is 23.8. The first-order valence-corrected chi connectivity index (χ1v) is 29.3. The molecule has 0 aromatic heterocycles. The van der Waals surface area contributed by atoms with Crippen LogP contribution in [-0.2, 0) is 14.2 Å². The van der Waals surface area contributed by atoms with Crippen LogP contribution in [-0.4, -0.2) is 39.6 Å². The van der Waals surface area contributed by atoms with Crippen LogP contribution in [0.1, 0.15) is 38.5 Å². The number of ether oxygens (including phenoxy) is 3. The van der Waals surface area contributed by atoms with Crippen molar-refractivity contribution in [2.75, 3.05) is 39.6 Å². The molecule has 3 fully saturated rings. The zero-order valence-electron chi connectivity index (χ0n) is 11.3. The van der Waals surface area contributed by atoms with E-state index in [1.54, 1.807) is 0 Å². The molecular formula is C12H24I3O3Sm. The van der Waals surface area contributed by atoms with Crippen LogP contribution in [0.15, 0.2) is 0 Å². The first-order valence-electron chi connectivity index (χ1n) is 6.69. The van der Waals surface area contributed by atoms with Gasteiger partial charge in [0.05, 0.1) is 0 Å². The second-order valence-electron chi connectivity index (χ2n) is 4.13. The van der Waals surface area contributed by atoms with Crippen LogP contribution in [0.25, 0.3) is 0 Å². The van der Waals surface area contributed by atoms with E-state index in [4.69, 9.17) is 14.2 Å².